The van der Waals surface area contributed by atoms with Crippen LogP contribution in [0.15, 0.2) is 0 Å². The highest BCUT2D eigenvalue weighted by atomic mass is 16.3. The summed E-state index contributed by atoms with van der Waals surface area (Å²) in [6.07, 6.45) is 5.62. The van der Waals surface area contributed by atoms with Gasteiger partial charge in [-0.05, 0) is 49.9 Å². The highest BCUT2D eigenvalue weighted by Crippen LogP contribution is 2.54. The molecule has 0 saturated heterocycles. The molecule has 0 aromatic carbocycles. The van der Waals surface area contributed by atoms with Gasteiger partial charge in [-0.3, -0.25) is 0 Å². The minimum atomic E-state index is -0.299. The number of hydrogen-bond donors (Lipinski definition) is 2. The molecule has 12 heavy (non-hydrogen) atoms. The summed E-state index contributed by atoms with van der Waals surface area (Å²) in [5.41, 5.74) is 5.82. The maximum absolute atomic E-state index is 10.2. The average Bonchev–Trinajstić information content (AvgIpc) is 1.96. The van der Waals surface area contributed by atoms with Gasteiger partial charge in [0.25, 0.3) is 0 Å². The predicted molar refractivity (Wildman–Crippen MR) is 46.5 cm³/mol. The Balaban J connectivity index is 1.95. The van der Waals surface area contributed by atoms with Gasteiger partial charge in [-0.25, -0.2) is 0 Å². The summed E-state index contributed by atoms with van der Waals surface area (Å²) in [6, 6.07) is 0.404. The first-order valence-corrected chi connectivity index (χ1v) is 5.14. The largest absolute Gasteiger partial charge is 0.390 e. The van der Waals surface area contributed by atoms with Crippen molar-refractivity contribution in [2.75, 3.05) is 0 Å². The van der Waals surface area contributed by atoms with E-state index in [4.69, 9.17) is 5.73 Å². The van der Waals surface area contributed by atoms with Gasteiger partial charge in [0.05, 0.1) is 5.60 Å². The van der Waals surface area contributed by atoms with Crippen LogP contribution < -0.4 is 5.73 Å². The molecule has 3 N–H and O–H groups in total. The minimum Gasteiger partial charge on any atom is -0.390 e. The molecule has 2 heteroatoms. The van der Waals surface area contributed by atoms with E-state index in [-0.39, 0.29) is 5.60 Å². The Labute approximate surface area is 73.1 Å². The van der Waals surface area contributed by atoms with Crippen molar-refractivity contribution in [1.82, 2.24) is 0 Å². The summed E-state index contributed by atoms with van der Waals surface area (Å²) in [4.78, 5) is 0. The van der Waals surface area contributed by atoms with Crippen molar-refractivity contribution in [3.05, 3.63) is 0 Å². The number of rotatable bonds is 0. The van der Waals surface area contributed by atoms with Crippen LogP contribution in [0.3, 0.4) is 0 Å². The van der Waals surface area contributed by atoms with Crippen molar-refractivity contribution >= 4 is 0 Å². The average molecular weight is 167 g/mol. The Morgan fingerprint density at radius 2 is 1.67 bits per heavy atom. The molecule has 0 spiro atoms. The van der Waals surface area contributed by atoms with Crippen LogP contribution in [0.2, 0.25) is 0 Å². The summed E-state index contributed by atoms with van der Waals surface area (Å²) in [6.45, 7) is 0. The van der Waals surface area contributed by atoms with E-state index < -0.39 is 0 Å². The van der Waals surface area contributed by atoms with Crippen LogP contribution in [0.5, 0.6) is 0 Å². The van der Waals surface area contributed by atoms with Gasteiger partial charge in [-0.2, -0.15) is 0 Å². The molecular formula is C10H17NO. The lowest BCUT2D eigenvalue weighted by Crippen LogP contribution is -2.59. The third kappa shape index (κ3) is 0.826. The Morgan fingerprint density at radius 3 is 2.17 bits per heavy atom. The van der Waals surface area contributed by atoms with E-state index in [2.05, 4.69) is 0 Å². The normalized spacial score (nSPS) is 62.5. The Bertz CT molecular complexity index is 200. The molecule has 4 rings (SSSR count). The molecule has 0 amide bonds. The Morgan fingerprint density at radius 1 is 1.08 bits per heavy atom. The van der Waals surface area contributed by atoms with E-state index in [9.17, 15) is 5.11 Å². The SMILES string of the molecule is N[C@H]1[C@@H]2C[C@@H]3C[C@@H]1C[C@](O)(C2)C3. The van der Waals surface area contributed by atoms with E-state index in [0.29, 0.717) is 17.9 Å². The lowest BCUT2D eigenvalue weighted by atomic mass is 9.52. The van der Waals surface area contributed by atoms with Gasteiger partial charge in [-0.15, -0.1) is 0 Å². The smallest absolute Gasteiger partial charge is 0.0657 e. The summed E-state index contributed by atoms with van der Waals surface area (Å²) < 4.78 is 0. The fourth-order valence-corrected chi connectivity index (χ4v) is 4.02. The maximum atomic E-state index is 10.2. The minimum absolute atomic E-state index is 0.299. The van der Waals surface area contributed by atoms with Gasteiger partial charge < -0.3 is 10.8 Å². The van der Waals surface area contributed by atoms with Crippen LogP contribution >= 0.6 is 0 Å². The standard InChI is InChI=1S/C10H17NO/c11-9-7-1-6-2-8(9)5-10(12,3-6)4-7/h6-9,12H,1-5,11H2/t6-,7-,8-,9+,10-/m1/s1. The van der Waals surface area contributed by atoms with Gasteiger partial charge >= 0.3 is 0 Å². The first-order valence-electron chi connectivity index (χ1n) is 5.14. The molecule has 0 radical (unpaired) electrons. The maximum Gasteiger partial charge on any atom is 0.0657 e. The number of nitrogens with two attached hydrogens (primary N) is 1. The zero-order valence-corrected chi connectivity index (χ0v) is 7.37. The third-order valence-corrected chi connectivity index (χ3v) is 4.31. The quantitative estimate of drug-likeness (QED) is 0.562. The van der Waals surface area contributed by atoms with Crippen LogP contribution in [0.1, 0.15) is 32.1 Å². The fourth-order valence-electron chi connectivity index (χ4n) is 4.02. The van der Waals surface area contributed by atoms with E-state index in [1.165, 1.54) is 12.8 Å². The topological polar surface area (TPSA) is 46.2 Å². The van der Waals surface area contributed by atoms with Crippen molar-refractivity contribution in [3.63, 3.8) is 0 Å². The molecule has 0 aromatic heterocycles. The fraction of sp³-hybridized carbons (Fsp3) is 1.00. The summed E-state index contributed by atoms with van der Waals surface area (Å²) >= 11 is 0. The van der Waals surface area contributed by atoms with Crippen LogP contribution in [0, 0.1) is 17.8 Å². The van der Waals surface area contributed by atoms with Gasteiger partial charge in [0, 0.05) is 6.04 Å². The molecule has 4 saturated carbocycles. The molecule has 2 atom stereocenters. The highest BCUT2D eigenvalue weighted by Gasteiger charge is 2.53. The second-order valence-corrected chi connectivity index (χ2v) is 5.27. The van der Waals surface area contributed by atoms with Gasteiger partial charge in [0.1, 0.15) is 0 Å². The van der Waals surface area contributed by atoms with Crippen molar-refractivity contribution < 1.29 is 5.11 Å². The van der Waals surface area contributed by atoms with Gasteiger partial charge in [0.2, 0.25) is 0 Å². The molecule has 4 fully saturated rings. The molecule has 0 unspecified atom stereocenters. The van der Waals surface area contributed by atoms with Crippen molar-refractivity contribution in [2.24, 2.45) is 23.5 Å². The van der Waals surface area contributed by atoms with Gasteiger partial charge in [-0.1, -0.05) is 0 Å². The second-order valence-electron chi connectivity index (χ2n) is 5.27. The Hall–Kier alpha value is -0.0800. The Kier molecular flexibility index (Phi) is 1.25. The molecule has 2 nitrogen and oxygen atoms in total. The summed E-state index contributed by atoms with van der Waals surface area (Å²) in [7, 11) is 0. The van der Waals surface area contributed by atoms with Gasteiger partial charge in [0.15, 0.2) is 0 Å². The zero-order valence-electron chi connectivity index (χ0n) is 7.37. The molecule has 4 aliphatic rings. The first-order chi connectivity index (χ1) is 5.66. The first kappa shape index (κ1) is 7.34. The van der Waals surface area contributed by atoms with Crippen LogP contribution in [0.25, 0.3) is 0 Å². The van der Waals surface area contributed by atoms with Crippen LogP contribution in [-0.4, -0.2) is 16.7 Å². The van der Waals surface area contributed by atoms with E-state index in [0.717, 1.165) is 25.2 Å². The van der Waals surface area contributed by atoms with Crippen LogP contribution in [0.4, 0.5) is 0 Å². The van der Waals surface area contributed by atoms with Crippen molar-refractivity contribution in [1.29, 1.82) is 0 Å². The zero-order chi connectivity index (χ0) is 8.34. The van der Waals surface area contributed by atoms with E-state index in [1.807, 2.05) is 0 Å². The van der Waals surface area contributed by atoms with E-state index in [1.54, 1.807) is 0 Å². The molecule has 68 valence electrons. The lowest BCUT2D eigenvalue weighted by Gasteiger charge is -2.57. The molecular weight excluding hydrogens is 150 g/mol. The summed E-state index contributed by atoms with van der Waals surface area (Å²) in [5, 5.41) is 10.2. The van der Waals surface area contributed by atoms with E-state index >= 15 is 0 Å². The third-order valence-electron chi connectivity index (χ3n) is 4.31. The predicted octanol–water partition coefficient (Wildman–Crippen LogP) is 0.885. The number of aliphatic hydroxyl groups is 1. The summed E-state index contributed by atoms with van der Waals surface area (Å²) in [5.74, 6) is 2.08. The monoisotopic (exact) mass is 167 g/mol. The molecule has 0 aliphatic heterocycles. The molecule has 4 aliphatic carbocycles. The second kappa shape index (κ2) is 2.05. The molecule has 0 heterocycles. The van der Waals surface area contributed by atoms with Crippen molar-refractivity contribution in [3.8, 4) is 0 Å². The number of hydrogen-bond acceptors (Lipinski definition) is 2. The molecule has 0 aromatic rings. The lowest BCUT2D eigenvalue weighted by molar-refractivity contribution is -0.132. The molecule has 4 bridgehead atoms. The van der Waals surface area contributed by atoms with Crippen molar-refractivity contribution in [2.45, 2.75) is 43.7 Å². The van der Waals surface area contributed by atoms with Crippen LogP contribution in [-0.2, 0) is 0 Å². The highest BCUT2D eigenvalue weighted by molar-refractivity contribution is 5.06.